The number of hydrogen-bond acceptors (Lipinski definition) is 7. The standard InChI is InChI=1S/C33H31BrClNO6/c1-3-40-28-18-22(15-25(34)32(28)38)30-29(33(39)42-14-13-41-24-7-5-4-6-8-24)19(2)36-26-16-21(17-27(37)31(26)30)20-9-11-23(35)12-10-20/h4-12,15,18,21,30,36,38H,3,13-14,16-17H2,1-2H3/t21-,30+/m0/s1. The van der Waals surface area contributed by atoms with Gasteiger partial charge in [-0.3, -0.25) is 4.79 Å². The number of aromatic hydroxyl groups is 1. The summed E-state index contributed by atoms with van der Waals surface area (Å²) >= 11 is 9.52. The third-order valence-electron chi connectivity index (χ3n) is 7.40. The summed E-state index contributed by atoms with van der Waals surface area (Å²) in [7, 11) is 0. The third kappa shape index (κ3) is 6.35. The molecule has 3 aromatic carbocycles. The Hall–Kier alpha value is -3.75. The Kier molecular flexibility index (Phi) is 9.24. The number of esters is 1. The molecule has 0 bridgehead atoms. The van der Waals surface area contributed by atoms with Gasteiger partial charge >= 0.3 is 5.97 Å². The van der Waals surface area contributed by atoms with Gasteiger partial charge in [-0.2, -0.15) is 0 Å². The summed E-state index contributed by atoms with van der Waals surface area (Å²) < 4.78 is 17.4. The first-order chi connectivity index (χ1) is 20.3. The lowest BCUT2D eigenvalue weighted by atomic mass is 9.71. The number of phenolic OH excluding ortho intramolecular Hbond substituents is 1. The number of benzene rings is 3. The Morgan fingerprint density at radius 2 is 1.76 bits per heavy atom. The third-order valence-corrected chi connectivity index (χ3v) is 8.26. The highest BCUT2D eigenvalue weighted by molar-refractivity contribution is 9.10. The van der Waals surface area contributed by atoms with Crippen LogP contribution in [0.4, 0.5) is 0 Å². The SMILES string of the molecule is CCOc1cc([C@@H]2C(C(=O)OCCOc3ccccc3)=C(C)NC3=C2C(=O)C[C@@H](c2ccc(Cl)cc2)C3)cc(Br)c1O. The van der Waals surface area contributed by atoms with E-state index in [9.17, 15) is 14.7 Å². The number of dihydropyridines is 1. The van der Waals surface area contributed by atoms with Crippen LogP contribution < -0.4 is 14.8 Å². The van der Waals surface area contributed by atoms with E-state index in [1.807, 2.05) is 68.4 Å². The van der Waals surface area contributed by atoms with Gasteiger partial charge in [0.2, 0.25) is 0 Å². The van der Waals surface area contributed by atoms with Crippen molar-refractivity contribution in [2.24, 2.45) is 0 Å². The maximum absolute atomic E-state index is 13.9. The van der Waals surface area contributed by atoms with E-state index in [2.05, 4.69) is 21.2 Å². The van der Waals surface area contributed by atoms with Gasteiger partial charge in [0, 0.05) is 34.3 Å². The van der Waals surface area contributed by atoms with E-state index in [1.165, 1.54) is 0 Å². The molecular formula is C33H31BrClNO6. The van der Waals surface area contributed by atoms with E-state index in [1.54, 1.807) is 12.1 Å². The summed E-state index contributed by atoms with van der Waals surface area (Å²) in [5.41, 5.74) is 3.85. The molecule has 0 radical (unpaired) electrons. The number of halogens is 2. The van der Waals surface area contributed by atoms with Crippen molar-refractivity contribution in [3.8, 4) is 17.2 Å². The number of nitrogens with one attached hydrogen (secondary N) is 1. The summed E-state index contributed by atoms with van der Waals surface area (Å²) in [6, 6.07) is 20.2. The molecule has 5 rings (SSSR count). The van der Waals surface area contributed by atoms with Crippen LogP contribution >= 0.6 is 27.5 Å². The summed E-state index contributed by atoms with van der Waals surface area (Å²) in [5.74, 6) is -0.501. The molecule has 0 aromatic heterocycles. The van der Waals surface area contributed by atoms with E-state index in [4.69, 9.17) is 25.8 Å². The number of carbonyl (C=O) groups is 2. The molecule has 42 heavy (non-hydrogen) atoms. The van der Waals surface area contributed by atoms with E-state index < -0.39 is 11.9 Å². The lowest BCUT2D eigenvalue weighted by molar-refractivity contribution is -0.140. The van der Waals surface area contributed by atoms with Crippen LogP contribution in [-0.4, -0.2) is 36.7 Å². The molecule has 2 atom stereocenters. The molecule has 3 aromatic rings. The summed E-state index contributed by atoms with van der Waals surface area (Å²) in [5, 5.41) is 14.6. The van der Waals surface area contributed by atoms with Gasteiger partial charge in [0.25, 0.3) is 0 Å². The highest BCUT2D eigenvalue weighted by Gasteiger charge is 2.42. The second-order valence-corrected chi connectivity index (χ2v) is 11.4. The molecule has 2 aliphatic rings. The van der Waals surface area contributed by atoms with Crippen LogP contribution in [0, 0.1) is 0 Å². The van der Waals surface area contributed by atoms with Gasteiger partial charge in [0.05, 0.1) is 16.7 Å². The average molecular weight is 653 g/mol. The number of Topliss-reactive ketones (excluding diaryl/α,β-unsaturated/α-hetero) is 1. The van der Waals surface area contributed by atoms with Crippen LogP contribution in [0.1, 0.15) is 49.7 Å². The monoisotopic (exact) mass is 651 g/mol. The fraction of sp³-hybridized carbons (Fsp3) is 0.273. The maximum Gasteiger partial charge on any atom is 0.336 e. The van der Waals surface area contributed by atoms with E-state index in [0.29, 0.717) is 50.7 Å². The molecule has 0 saturated heterocycles. The molecule has 0 saturated carbocycles. The van der Waals surface area contributed by atoms with Gasteiger partial charge in [-0.25, -0.2) is 4.79 Å². The normalized spacial score (nSPS) is 18.3. The number of hydrogen-bond donors (Lipinski definition) is 2. The molecule has 9 heteroatoms. The topological polar surface area (TPSA) is 94.1 Å². The summed E-state index contributed by atoms with van der Waals surface area (Å²) in [6.07, 6.45) is 0.865. The smallest absolute Gasteiger partial charge is 0.336 e. The Morgan fingerprint density at radius 1 is 1.02 bits per heavy atom. The number of allylic oxidation sites excluding steroid dienone is 3. The van der Waals surface area contributed by atoms with Crippen molar-refractivity contribution in [1.82, 2.24) is 5.32 Å². The van der Waals surface area contributed by atoms with Crippen LogP contribution in [0.3, 0.4) is 0 Å². The lowest BCUT2D eigenvalue weighted by Crippen LogP contribution is -2.36. The largest absolute Gasteiger partial charge is 0.503 e. The van der Waals surface area contributed by atoms with E-state index >= 15 is 0 Å². The minimum Gasteiger partial charge on any atom is -0.503 e. The molecule has 7 nitrogen and oxygen atoms in total. The van der Waals surface area contributed by atoms with Crippen molar-refractivity contribution < 1.29 is 28.9 Å². The minimum absolute atomic E-state index is 0.0270. The van der Waals surface area contributed by atoms with Crippen LogP contribution in [0.15, 0.2) is 93.7 Å². The molecule has 2 N–H and O–H groups in total. The number of phenols is 1. The average Bonchev–Trinajstić information content (AvgIpc) is 2.97. The molecule has 0 fully saturated rings. The lowest BCUT2D eigenvalue weighted by Gasteiger charge is -2.37. The summed E-state index contributed by atoms with van der Waals surface area (Å²) in [4.78, 5) is 27.6. The second kappa shape index (κ2) is 13.0. The van der Waals surface area contributed by atoms with Gasteiger partial charge in [-0.1, -0.05) is 41.9 Å². The van der Waals surface area contributed by atoms with Crippen molar-refractivity contribution in [1.29, 1.82) is 0 Å². The maximum atomic E-state index is 13.9. The minimum atomic E-state index is -0.724. The molecule has 0 amide bonds. The van der Waals surface area contributed by atoms with E-state index in [0.717, 1.165) is 11.3 Å². The Balaban J connectivity index is 1.48. The van der Waals surface area contributed by atoms with Crippen molar-refractivity contribution in [2.45, 2.75) is 38.5 Å². The fourth-order valence-electron chi connectivity index (χ4n) is 5.53. The number of ether oxygens (including phenoxy) is 3. The Labute approximate surface area is 258 Å². The predicted octanol–water partition coefficient (Wildman–Crippen LogP) is 7.19. The van der Waals surface area contributed by atoms with Crippen LogP contribution in [0.2, 0.25) is 5.02 Å². The van der Waals surface area contributed by atoms with Crippen LogP contribution in [-0.2, 0) is 14.3 Å². The second-order valence-electron chi connectivity index (χ2n) is 10.1. The molecular weight excluding hydrogens is 622 g/mol. The van der Waals surface area contributed by atoms with Gasteiger partial charge < -0.3 is 24.6 Å². The molecule has 0 spiro atoms. The Morgan fingerprint density at radius 3 is 2.48 bits per heavy atom. The molecule has 0 unspecified atom stereocenters. The van der Waals surface area contributed by atoms with Crippen molar-refractivity contribution in [2.75, 3.05) is 19.8 Å². The molecule has 1 aliphatic carbocycles. The first kappa shape index (κ1) is 29.7. The first-order valence-electron chi connectivity index (χ1n) is 13.8. The number of rotatable bonds is 9. The van der Waals surface area contributed by atoms with Crippen molar-refractivity contribution in [3.05, 3.63) is 110 Å². The zero-order chi connectivity index (χ0) is 29.8. The summed E-state index contributed by atoms with van der Waals surface area (Å²) in [6.45, 7) is 4.16. The fourth-order valence-corrected chi connectivity index (χ4v) is 6.11. The predicted molar refractivity (Wildman–Crippen MR) is 164 cm³/mol. The highest BCUT2D eigenvalue weighted by atomic mass is 79.9. The number of para-hydroxylation sites is 1. The van der Waals surface area contributed by atoms with Gasteiger partial charge in [-0.05, 0) is 89.6 Å². The zero-order valence-corrected chi connectivity index (χ0v) is 25.6. The van der Waals surface area contributed by atoms with Crippen molar-refractivity contribution >= 4 is 39.3 Å². The van der Waals surface area contributed by atoms with Crippen LogP contribution in [0.25, 0.3) is 0 Å². The van der Waals surface area contributed by atoms with Gasteiger partial charge in [0.15, 0.2) is 17.3 Å². The number of carbonyl (C=O) groups excluding carboxylic acids is 2. The molecule has 218 valence electrons. The van der Waals surface area contributed by atoms with Gasteiger partial charge in [0.1, 0.15) is 19.0 Å². The van der Waals surface area contributed by atoms with E-state index in [-0.39, 0.29) is 42.8 Å². The van der Waals surface area contributed by atoms with Crippen LogP contribution in [0.5, 0.6) is 17.2 Å². The molecule has 1 heterocycles. The quantitative estimate of drug-likeness (QED) is 0.187. The van der Waals surface area contributed by atoms with Crippen molar-refractivity contribution in [3.63, 3.8) is 0 Å². The van der Waals surface area contributed by atoms with Gasteiger partial charge in [-0.15, -0.1) is 0 Å². The number of ketones is 1. The highest BCUT2D eigenvalue weighted by Crippen LogP contribution is 2.48. The zero-order valence-electron chi connectivity index (χ0n) is 23.3. The Bertz CT molecular complexity index is 1550. The first-order valence-corrected chi connectivity index (χ1v) is 14.9. The molecule has 1 aliphatic heterocycles.